The zero-order valence-electron chi connectivity index (χ0n) is 28.6. The van der Waals surface area contributed by atoms with Gasteiger partial charge in [-0.1, -0.05) is 60.3 Å². The van der Waals surface area contributed by atoms with Gasteiger partial charge < -0.3 is 24.4 Å². The van der Waals surface area contributed by atoms with Crippen LogP contribution in [0.1, 0.15) is 98.6 Å². The van der Waals surface area contributed by atoms with Gasteiger partial charge in [0.15, 0.2) is 5.78 Å². The zero-order chi connectivity index (χ0) is 33.2. The van der Waals surface area contributed by atoms with Crippen molar-refractivity contribution in [2.45, 2.75) is 124 Å². The summed E-state index contributed by atoms with van der Waals surface area (Å²) >= 11 is 0. The molecule has 2 aromatic rings. The molecule has 2 amide bonds. The van der Waals surface area contributed by atoms with Crippen LogP contribution >= 0.6 is 0 Å². The first-order valence-electron chi connectivity index (χ1n) is 17.2. The molecule has 1 aromatic heterocycles. The molecule has 3 heterocycles. The van der Waals surface area contributed by atoms with Gasteiger partial charge >= 0.3 is 6.09 Å². The Bertz CT molecular complexity index is 1420. The number of aromatic nitrogens is 2. The summed E-state index contributed by atoms with van der Waals surface area (Å²) in [6.07, 6.45) is 7.77. The third-order valence-electron chi connectivity index (χ3n) is 10.3. The standard InChI is InChI=1S/C36H52N4O6/c1-21-13-12-15-24-14-10-8-9-11-16-27-33(38-28-19-25(44-7)17-18-26(28)37-27)45-29-20-40(30(22(29)2)23(3)41)34(42)32(36(4,5)6)39-35(43)46-31(21)24/h17-19,21-22,24,29-32H,8-16,20H2,1-7H3,(H,39,43)/t21-,22-,24-,29+,30+,31-,32-/m1/s1. The van der Waals surface area contributed by atoms with Crippen molar-refractivity contribution in [1.82, 2.24) is 20.2 Å². The quantitative estimate of drug-likeness (QED) is 0.410. The van der Waals surface area contributed by atoms with E-state index in [4.69, 9.17) is 24.2 Å². The second-order valence-electron chi connectivity index (χ2n) is 14.8. The van der Waals surface area contributed by atoms with Crippen molar-refractivity contribution in [2.75, 3.05) is 13.7 Å². The number of carbonyl (C=O) groups excluding carboxylic acids is 3. The summed E-state index contributed by atoms with van der Waals surface area (Å²) in [5.41, 5.74) is 1.57. The molecule has 1 N–H and O–H groups in total. The van der Waals surface area contributed by atoms with E-state index in [0.717, 1.165) is 62.6 Å². The highest BCUT2D eigenvalue weighted by atomic mass is 16.6. The number of hydrogen-bond acceptors (Lipinski definition) is 8. The Morgan fingerprint density at radius 1 is 0.978 bits per heavy atom. The van der Waals surface area contributed by atoms with Gasteiger partial charge in [0.05, 0.1) is 30.7 Å². The molecule has 0 spiro atoms. The summed E-state index contributed by atoms with van der Waals surface area (Å²) in [6, 6.07) is 4.03. The molecule has 3 aliphatic rings. The average Bonchev–Trinajstić information content (AvgIpc) is 3.33. The van der Waals surface area contributed by atoms with Crippen LogP contribution in [0.5, 0.6) is 11.6 Å². The molecule has 5 rings (SSSR count). The van der Waals surface area contributed by atoms with Gasteiger partial charge in [-0.05, 0) is 68.4 Å². The third kappa shape index (κ3) is 7.41. The minimum absolute atomic E-state index is 0.127. The van der Waals surface area contributed by atoms with Gasteiger partial charge in [-0.25, -0.2) is 14.8 Å². The molecule has 2 aliphatic heterocycles. The van der Waals surface area contributed by atoms with Gasteiger partial charge in [-0.15, -0.1) is 0 Å². The first kappa shape index (κ1) is 33.9. The summed E-state index contributed by atoms with van der Waals surface area (Å²) in [5, 5.41) is 2.94. The molecular formula is C36H52N4O6. The molecule has 10 nitrogen and oxygen atoms in total. The number of fused-ring (bicyclic) bond motifs is 5. The fourth-order valence-corrected chi connectivity index (χ4v) is 7.66. The van der Waals surface area contributed by atoms with Crippen molar-refractivity contribution in [2.24, 2.45) is 23.2 Å². The van der Waals surface area contributed by atoms with Gasteiger partial charge in [0, 0.05) is 12.0 Å². The van der Waals surface area contributed by atoms with Gasteiger partial charge in [0.25, 0.3) is 0 Å². The smallest absolute Gasteiger partial charge is 0.408 e. The molecule has 1 aliphatic carbocycles. The molecule has 0 unspecified atom stereocenters. The number of ether oxygens (including phenoxy) is 3. The largest absolute Gasteiger partial charge is 0.497 e. The number of aryl methyl sites for hydroxylation is 1. The second kappa shape index (κ2) is 14.1. The highest BCUT2D eigenvalue weighted by Gasteiger charge is 2.49. The summed E-state index contributed by atoms with van der Waals surface area (Å²) < 4.78 is 18.2. The normalized spacial score (nSPS) is 30.1. The molecular weight excluding hydrogens is 584 g/mol. The first-order valence-corrected chi connectivity index (χ1v) is 17.2. The lowest BCUT2D eigenvalue weighted by atomic mass is 9.77. The number of methoxy groups -OCH3 is 1. The van der Waals surface area contributed by atoms with E-state index in [2.05, 4.69) is 12.2 Å². The molecule has 0 radical (unpaired) electrons. The third-order valence-corrected chi connectivity index (χ3v) is 10.3. The SMILES string of the molecule is COc1ccc2nc3c(nc2c1)O[C@H]1CN(C(=O)[C@H](C(C)(C)C)NC(=O)O[C@H]2[C@H](CCCCCC3)CCC[C@H]2C)[C@H](C(C)=O)[C@@H]1C. The van der Waals surface area contributed by atoms with Crippen LogP contribution in [0.15, 0.2) is 18.2 Å². The van der Waals surface area contributed by atoms with Crippen LogP contribution in [-0.4, -0.2) is 70.6 Å². The number of hydrogen-bond donors (Lipinski definition) is 1. The minimum Gasteiger partial charge on any atom is -0.497 e. The van der Waals surface area contributed by atoms with Gasteiger partial charge in [-0.3, -0.25) is 9.59 Å². The minimum atomic E-state index is -0.893. The van der Waals surface area contributed by atoms with Gasteiger partial charge in [0.2, 0.25) is 11.8 Å². The summed E-state index contributed by atoms with van der Waals surface area (Å²) in [4.78, 5) is 52.4. The highest BCUT2D eigenvalue weighted by Crippen LogP contribution is 2.37. The molecule has 1 saturated carbocycles. The molecule has 1 saturated heterocycles. The number of Topliss-reactive ketones (excluding diaryl/α,β-unsaturated/α-hetero) is 1. The zero-order valence-corrected chi connectivity index (χ0v) is 28.6. The Balaban J connectivity index is 1.51. The second-order valence-corrected chi connectivity index (χ2v) is 14.8. The van der Waals surface area contributed by atoms with Crippen LogP contribution in [0.3, 0.4) is 0 Å². The van der Waals surface area contributed by atoms with Crippen molar-refractivity contribution < 1.29 is 28.6 Å². The predicted octanol–water partition coefficient (Wildman–Crippen LogP) is 6.27. The van der Waals surface area contributed by atoms with E-state index < -0.39 is 29.7 Å². The average molecular weight is 637 g/mol. The van der Waals surface area contributed by atoms with E-state index in [-0.39, 0.29) is 36.2 Å². The van der Waals surface area contributed by atoms with E-state index in [0.29, 0.717) is 29.5 Å². The van der Waals surface area contributed by atoms with Gasteiger partial charge in [-0.2, -0.15) is 0 Å². The van der Waals surface area contributed by atoms with Crippen molar-refractivity contribution >= 4 is 28.8 Å². The first-order chi connectivity index (χ1) is 21.9. The lowest BCUT2D eigenvalue weighted by Gasteiger charge is -2.38. The lowest BCUT2D eigenvalue weighted by molar-refractivity contribution is -0.141. The maximum atomic E-state index is 14.3. The topological polar surface area (TPSA) is 120 Å². The monoisotopic (exact) mass is 636 g/mol. The number of nitrogens with one attached hydrogen (secondary N) is 1. The molecule has 2 fully saturated rings. The van der Waals surface area contributed by atoms with Crippen molar-refractivity contribution in [1.29, 1.82) is 0 Å². The molecule has 46 heavy (non-hydrogen) atoms. The molecule has 7 atom stereocenters. The van der Waals surface area contributed by atoms with Crippen LogP contribution in [0, 0.1) is 23.2 Å². The van der Waals surface area contributed by atoms with Crippen LogP contribution in [-0.2, 0) is 20.7 Å². The Kier molecular flexibility index (Phi) is 10.4. The molecule has 252 valence electrons. The highest BCUT2D eigenvalue weighted by molar-refractivity contribution is 5.92. The fourth-order valence-electron chi connectivity index (χ4n) is 7.66. The summed E-state index contributed by atoms with van der Waals surface area (Å²) in [6.45, 7) is 11.5. The Morgan fingerprint density at radius 2 is 1.72 bits per heavy atom. The molecule has 1 aromatic carbocycles. The number of ketones is 1. The predicted molar refractivity (Wildman–Crippen MR) is 176 cm³/mol. The van der Waals surface area contributed by atoms with E-state index in [9.17, 15) is 14.4 Å². The van der Waals surface area contributed by atoms with E-state index >= 15 is 0 Å². The van der Waals surface area contributed by atoms with Crippen molar-refractivity contribution in [3.05, 3.63) is 23.9 Å². The lowest BCUT2D eigenvalue weighted by Crippen LogP contribution is -2.57. The van der Waals surface area contributed by atoms with Crippen LogP contribution in [0.25, 0.3) is 11.0 Å². The van der Waals surface area contributed by atoms with E-state index in [1.54, 1.807) is 12.0 Å². The van der Waals surface area contributed by atoms with Gasteiger partial charge in [0.1, 0.15) is 29.7 Å². The van der Waals surface area contributed by atoms with Crippen LogP contribution < -0.4 is 14.8 Å². The number of alkyl carbamates (subject to hydrolysis) is 1. The number of rotatable bonds is 2. The Morgan fingerprint density at radius 3 is 2.43 bits per heavy atom. The Hall–Kier alpha value is -3.43. The van der Waals surface area contributed by atoms with Crippen molar-refractivity contribution in [3.63, 3.8) is 0 Å². The summed E-state index contributed by atoms with van der Waals surface area (Å²) in [7, 11) is 1.61. The van der Waals surface area contributed by atoms with Crippen LogP contribution in [0.2, 0.25) is 0 Å². The maximum absolute atomic E-state index is 14.3. The van der Waals surface area contributed by atoms with E-state index in [1.165, 1.54) is 6.92 Å². The fraction of sp³-hybridized carbons (Fsp3) is 0.694. The van der Waals surface area contributed by atoms with Crippen LogP contribution in [0.4, 0.5) is 4.79 Å². The summed E-state index contributed by atoms with van der Waals surface area (Å²) in [5.74, 6) is 0.910. The maximum Gasteiger partial charge on any atom is 0.408 e. The Labute approximate surface area is 273 Å². The van der Waals surface area contributed by atoms with E-state index in [1.807, 2.05) is 45.9 Å². The number of amides is 2. The van der Waals surface area contributed by atoms with Crippen molar-refractivity contribution in [3.8, 4) is 11.6 Å². The molecule has 2 bridgehead atoms. The molecule has 10 heteroatoms. The number of benzene rings is 1. The number of carbonyl (C=O) groups is 3. The number of nitrogens with zero attached hydrogens (tertiary/aromatic N) is 3.